The van der Waals surface area contributed by atoms with Crippen molar-refractivity contribution in [3.05, 3.63) is 29.8 Å². The number of hydrogen-bond acceptors (Lipinski definition) is 2. The molecule has 1 aliphatic carbocycles. The van der Waals surface area contributed by atoms with Gasteiger partial charge in [-0.1, -0.05) is 26.0 Å². The molecular weight excluding hydrogens is 214 g/mol. The number of hydrogen-bond donors (Lipinski definition) is 2. The predicted molar refractivity (Wildman–Crippen MR) is 68.4 cm³/mol. The van der Waals surface area contributed by atoms with E-state index in [1.54, 1.807) is 12.1 Å². The zero-order chi connectivity index (χ0) is 12.5. The highest BCUT2D eigenvalue weighted by Crippen LogP contribution is 2.51. The van der Waals surface area contributed by atoms with Gasteiger partial charge in [0, 0.05) is 12.2 Å². The van der Waals surface area contributed by atoms with Crippen molar-refractivity contribution in [2.75, 3.05) is 11.9 Å². The van der Waals surface area contributed by atoms with E-state index in [4.69, 9.17) is 5.11 Å². The first-order chi connectivity index (χ1) is 8.05. The minimum Gasteiger partial charge on any atom is -0.478 e. The summed E-state index contributed by atoms with van der Waals surface area (Å²) in [5.74, 6) is -0.227. The van der Waals surface area contributed by atoms with Crippen molar-refractivity contribution in [1.29, 1.82) is 0 Å². The van der Waals surface area contributed by atoms with Crippen LogP contribution in [0.4, 0.5) is 5.69 Å². The molecule has 0 saturated heterocycles. The van der Waals surface area contributed by atoms with E-state index >= 15 is 0 Å². The van der Waals surface area contributed by atoms with Crippen molar-refractivity contribution in [2.45, 2.75) is 26.7 Å². The molecule has 3 heteroatoms. The summed E-state index contributed by atoms with van der Waals surface area (Å²) in [7, 11) is 0. The van der Waals surface area contributed by atoms with Gasteiger partial charge in [0.15, 0.2) is 0 Å². The molecule has 1 aromatic rings. The number of benzene rings is 1. The number of carbonyl (C=O) groups is 1. The number of carboxylic acid groups (broad SMARTS) is 1. The van der Waals surface area contributed by atoms with Gasteiger partial charge in [0.2, 0.25) is 0 Å². The fraction of sp³-hybridized carbons (Fsp3) is 0.500. The normalized spacial score (nSPS) is 16.9. The third kappa shape index (κ3) is 2.43. The van der Waals surface area contributed by atoms with Gasteiger partial charge >= 0.3 is 5.97 Å². The molecule has 3 nitrogen and oxygen atoms in total. The summed E-state index contributed by atoms with van der Waals surface area (Å²) >= 11 is 0. The second kappa shape index (κ2) is 4.40. The van der Waals surface area contributed by atoms with Crippen LogP contribution >= 0.6 is 0 Å². The Hall–Kier alpha value is -1.51. The van der Waals surface area contributed by atoms with Crippen molar-refractivity contribution >= 4 is 11.7 Å². The molecule has 92 valence electrons. The van der Waals surface area contributed by atoms with Crippen molar-refractivity contribution in [3.8, 4) is 0 Å². The lowest BCUT2D eigenvalue weighted by Gasteiger charge is -2.21. The summed E-state index contributed by atoms with van der Waals surface area (Å²) in [6.45, 7) is 5.34. The minimum atomic E-state index is -0.873. The van der Waals surface area contributed by atoms with Crippen molar-refractivity contribution in [3.63, 3.8) is 0 Å². The molecule has 0 heterocycles. The standard InChI is InChI=1S/C14H19NO2/c1-10(2)14(7-8-14)9-15-12-6-4-3-5-11(12)13(16)17/h3-6,10,15H,7-9H2,1-2H3,(H,16,17). The van der Waals surface area contributed by atoms with Crippen molar-refractivity contribution in [2.24, 2.45) is 11.3 Å². The van der Waals surface area contributed by atoms with Crippen molar-refractivity contribution < 1.29 is 9.90 Å². The predicted octanol–water partition coefficient (Wildman–Crippen LogP) is 3.23. The van der Waals surface area contributed by atoms with Gasteiger partial charge < -0.3 is 10.4 Å². The second-order valence-corrected chi connectivity index (χ2v) is 5.22. The maximum absolute atomic E-state index is 11.1. The van der Waals surface area contributed by atoms with Crippen LogP contribution in [0.25, 0.3) is 0 Å². The minimum absolute atomic E-state index is 0.354. The Balaban J connectivity index is 2.07. The fourth-order valence-electron chi connectivity index (χ4n) is 2.21. The average molecular weight is 233 g/mol. The van der Waals surface area contributed by atoms with E-state index in [9.17, 15) is 4.79 Å². The zero-order valence-electron chi connectivity index (χ0n) is 10.4. The highest BCUT2D eigenvalue weighted by Gasteiger charge is 2.44. The van der Waals surface area contributed by atoms with Crippen LogP contribution in [0.1, 0.15) is 37.0 Å². The van der Waals surface area contributed by atoms with Gasteiger partial charge in [-0.3, -0.25) is 0 Å². The Morgan fingerprint density at radius 3 is 2.59 bits per heavy atom. The molecule has 1 fully saturated rings. The maximum atomic E-state index is 11.1. The molecule has 0 radical (unpaired) electrons. The van der Waals surface area contributed by atoms with Gasteiger partial charge in [0.05, 0.1) is 5.56 Å². The summed E-state index contributed by atoms with van der Waals surface area (Å²) in [6, 6.07) is 7.09. The van der Waals surface area contributed by atoms with Crippen LogP contribution < -0.4 is 5.32 Å². The highest BCUT2D eigenvalue weighted by atomic mass is 16.4. The maximum Gasteiger partial charge on any atom is 0.337 e. The Labute approximate surface area is 102 Å². The molecule has 2 rings (SSSR count). The van der Waals surface area contributed by atoms with Crippen LogP contribution in [0.15, 0.2) is 24.3 Å². The highest BCUT2D eigenvalue weighted by molar-refractivity contribution is 5.94. The summed E-state index contributed by atoms with van der Waals surface area (Å²) in [5.41, 5.74) is 1.46. The zero-order valence-corrected chi connectivity index (χ0v) is 10.4. The molecule has 0 atom stereocenters. The van der Waals surface area contributed by atoms with E-state index in [2.05, 4.69) is 19.2 Å². The first-order valence-corrected chi connectivity index (χ1v) is 6.11. The average Bonchev–Trinajstić information content (AvgIpc) is 3.07. The first kappa shape index (κ1) is 12.0. The van der Waals surface area contributed by atoms with Crippen LogP contribution in [0.3, 0.4) is 0 Å². The van der Waals surface area contributed by atoms with E-state index in [0.717, 1.165) is 12.2 Å². The summed E-state index contributed by atoms with van der Waals surface area (Å²) < 4.78 is 0. The number of anilines is 1. The van der Waals surface area contributed by atoms with Crippen LogP contribution in [-0.2, 0) is 0 Å². The molecule has 0 bridgehead atoms. The molecule has 0 amide bonds. The Morgan fingerprint density at radius 1 is 1.41 bits per heavy atom. The molecule has 0 aliphatic heterocycles. The lowest BCUT2D eigenvalue weighted by molar-refractivity contribution is 0.0698. The number of aromatic carboxylic acids is 1. The molecule has 2 N–H and O–H groups in total. The molecule has 1 aromatic carbocycles. The van der Waals surface area contributed by atoms with Crippen LogP contribution in [0, 0.1) is 11.3 Å². The number of para-hydroxylation sites is 1. The van der Waals surface area contributed by atoms with Gasteiger partial charge in [-0.15, -0.1) is 0 Å². The monoisotopic (exact) mass is 233 g/mol. The van der Waals surface area contributed by atoms with Crippen LogP contribution in [-0.4, -0.2) is 17.6 Å². The summed E-state index contributed by atoms with van der Waals surface area (Å²) in [4.78, 5) is 11.1. The Kier molecular flexibility index (Phi) is 3.09. The number of carboxylic acids is 1. The molecule has 0 unspecified atom stereocenters. The van der Waals surface area contributed by atoms with E-state index in [0.29, 0.717) is 16.9 Å². The molecule has 1 aliphatic rings. The van der Waals surface area contributed by atoms with E-state index in [-0.39, 0.29) is 0 Å². The quantitative estimate of drug-likeness (QED) is 0.820. The second-order valence-electron chi connectivity index (χ2n) is 5.22. The molecule has 0 spiro atoms. The Bertz CT molecular complexity index is 422. The molecule has 17 heavy (non-hydrogen) atoms. The number of nitrogens with one attached hydrogen (secondary N) is 1. The van der Waals surface area contributed by atoms with Crippen LogP contribution in [0.5, 0.6) is 0 Å². The smallest absolute Gasteiger partial charge is 0.337 e. The summed E-state index contributed by atoms with van der Waals surface area (Å²) in [5, 5.41) is 12.4. The molecule has 0 aromatic heterocycles. The van der Waals surface area contributed by atoms with E-state index in [1.165, 1.54) is 12.8 Å². The first-order valence-electron chi connectivity index (χ1n) is 6.11. The van der Waals surface area contributed by atoms with Gasteiger partial charge in [0.25, 0.3) is 0 Å². The van der Waals surface area contributed by atoms with E-state index in [1.807, 2.05) is 12.1 Å². The van der Waals surface area contributed by atoms with Gasteiger partial charge in [0.1, 0.15) is 0 Å². The Morgan fingerprint density at radius 2 is 2.06 bits per heavy atom. The van der Waals surface area contributed by atoms with Gasteiger partial charge in [-0.05, 0) is 36.3 Å². The third-order valence-electron chi connectivity index (χ3n) is 3.91. The summed E-state index contributed by atoms with van der Waals surface area (Å²) in [6.07, 6.45) is 2.49. The molecular formula is C14H19NO2. The molecule has 1 saturated carbocycles. The van der Waals surface area contributed by atoms with Crippen molar-refractivity contribution in [1.82, 2.24) is 0 Å². The fourth-order valence-corrected chi connectivity index (χ4v) is 2.21. The van der Waals surface area contributed by atoms with Crippen LogP contribution in [0.2, 0.25) is 0 Å². The van der Waals surface area contributed by atoms with Gasteiger partial charge in [-0.25, -0.2) is 4.79 Å². The topological polar surface area (TPSA) is 49.3 Å². The van der Waals surface area contributed by atoms with E-state index < -0.39 is 5.97 Å². The third-order valence-corrected chi connectivity index (χ3v) is 3.91. The largest absolute Gasteiger partial charge is 0.478 e. The lowest BCUT2D eigenvalue weighted by atomic mass is 9.92. The SMILES string of the molecule is CC(C)C1(CNc2ccccc2C(=O)O)CC1. The number of rotatable bonds is 5. The van der Waals surface area contributed by atoms with Gasteiger partial charge in [-0.2, -0.15) is 0 Å². The lowest BCUT2D eigenvalue weighted by Crippen LogP contribution is -2.21.